The Bertz CT molecular complexity index is 481. The monoisotopic (exact) mass is 321 g/mol. The molecule has 1 saturated heterocycles. The third-order valence-corrected chi connectivity index (χ3v) is 4.54. The number of rotatable bonds is 4. The highest BCUT2D eigenvalue weighted by Gasteiger charge is 2.32. The molecular weight excluding hydrogens is 303 g/mol. The quantitative estimate of drug-likeness (QED) is 0.926. The number of aromatic nitrogens is 1. The molecule has 1 fully saturated rings. The molecule has 1 aliphatic rings. The summed E-state index contributed by atoms with van der Waals surface area (Å²) in [5, 5.41) is 2.85. The highest BCUT2D eigenvalue weighted by Crippen LogP contribution is 2.22. The number of alkyl halides is 3. The van der Waals surface area contributed by atoms with Gasteiger partial charge in [0.15, 0.2) is 0 Å². The van der Waals surface area contributed by atoms with E-state index in [0.29, 0.717) is 43.0 Å². The standard InChI is InChI=1S/C13H18F3N3OS/c1-9-11(21-8-18-9)12(20)17-6-10-2-4-19(5-3-10)7-13(14,15)16/h8,10H,2-7H2,1H3,(H,17,20). The largest absolute Gasteiger partial charge is 0.401 e. The van der Waals surface area contributed by atoms with Gasteiger partial charge >= 0.3 is 6.18 Å². The van der Waals surface area contributed by atoms with Crippen LogP contribution in [0.3, 0.4) is 0 Å². The van der Waals surface area contributed by atoms with Crippen molar-refractivity contribution in [1.29, 1.82) is 0 Å². The lowest BCUT2D eigenvalue weighted by molar-refractivity contribution is -0.148. The first-order valence-electron chi connectivity index (χ1n) is 6.82. The maximum Gasteiger partial charge on any atom is 0.401 e. The first-order valence-corrected chi connectivity index (χ1v) is 7.70. The van der Waals surface area contributed by atoms with Crippen LogP contribution in [0.25, 0.3) is 0 Å². The molecule has 2 heterocycles. The van der Waals surface area contributed by atoms with E-state index >= 15 is 0 Å². The van der Waals surface area contributed by atoms with Crippen LogP contribution in [-0.4, -0.2) is 48.1 Å². The number of thiazole rings is 1. The molecule has 0 radical (unpaired) electrons. The summed E-state index contributed by atoms with van der Waals surface area (Å²) < 4.78 is 36.8. The Morgan fingerprint density at radius 1 is 1.48 bits per heavy atom. The molecule has 1 aromatic rings. The number of likely N-dealkylation sites (tertiary alicyclic amines) is 1. The molecule has 0 aliphatic carbocycles. The van der Waals surface area contributed by atoms with Crippen molar-refractivity contribution in [2.24, 2.45) is 5.92 Å². The molecule has 0 atom stereocenters. The molecule has 0 aromatic carbocycles. The summed E-state index contributed by atoms with van der Waals surface area (Å²) in [6.45, 7) is 2.31. The van der Waals surface area contributed by atoms with Crippen molar-refractivity contribution in [2.75, 3.05) is 26.2 Å². The van der Waals surface area contributed by atoms with Gasteiger partial charge in [0.2, 0.25) is 0 Å². The molecule has 1 amide bonds. The number of halogens is 3. The summed E-state index contributed by atoms with van der Waals surface area (Å²) in [7, 11) is 0. The van der Waals surface area contributed by atoms with Crippen molar-refractivity contribution in [3.05, 3.63) is 16.1 Å². The minimum absolute atomic E-state index is 0.146. The van der Waals surface area contributed by atoms with Crippen LogP contribution >= 0.6 is 11.3 Å². The van der Waals surface area contributed by atoms with Crippen molar-refractivity contribution in [2.45, 2.75) is 25.9 Å². The van der Waals surface area contributed by atoms with Gasteiger partial charge in [0.05, 0.1) is 17.7 Å². The number of carbonyl (C=O) groups is 1. The van der Waals surface area contributed by atoms with E-state index in [1.54, 1.807) is 12.4 Å². The van der Waals surface area contributed by atoms with Gasteiger partial charge in [0, 0.05) is 6.54 Å². The van der Waals surface area contributed by atoms with Crippen molar-refractivity contribution in [3.63, 3.8) is 0 Å². The van der Waals surface area contributed by atoms with E-state index in [9.17, 15) is 18.0 Å². The van der Waals surface area contributed by atoms with E-state index < -0.39 is 12.7 Å². The predicted molar refractivity (Wildman–Crippen MR) is 74.4 cm³/mol. The van der Waals surface area contributed by atoms with Crippen molar-refractivity contribution >= 4 is 17.2 Å². The average Bonchev–Trinajstić information content (AvgIpc) is 2.82. The van der Waals surface area contributed by atoms with E-state index in [-0.39, 0.29) is 11.8 Å². The molecule has 1 aliphatic heterocycles. The Hall–Kier alpha value is -1.15. The van der Waals surface area contributed by atoms with Crippen LogP contribution in [0.15, 0.2) is 5.51 Å². The van der Waals surface area contributed by atoms with Gasteiger partial charge in [-0.15, -0.1) is 11.3 Å². The van der Waals surface area contributed by atoms with Crippen LogP contribution in [-0.2, 0) is 0 Å². The van der Waals surface area contributed by atoms with Gasteiger partial charge < -0.3 is 5.32 Å². The highest BCUT2D eigenvalue weighted by atomic mass is 32.1. The zero-order chi connectivity index (χ0) is 15.5. The lowest BCUT2D eigenvalue weighted by atomic mass is 9.97. The lowest BCUT2D eigenvalue weighted by Crippen LogP contribution is -2.42. The fourth-order valence-corrected chi connectivity index (χ4v) is 3.16. The normalized spacial score (nSPS) is 17.9. The van der Waals surface area contributed by atoms with Gasteiger partial charge in [0.25, 0.3) is 5.91 Å². The van der Waals surface area contributed by atoms with Crippen LogP contribution in [0.1, 0.15) is 28.2 Å². The Labute approximate surface area is 125 Å². The van der Waals surface area contributed by atoms with Gasteiger partial charge in [-0.2, -0.15) is 13.2 Å². The maximum absolute atomic E-state index is 12.3. The number of hydrogen-bond donors (Lipinski definition) is 1. The van der Waals surface area contributed by atoms with Crippen LogP contribution < -0.4 is 5.32 Å². The Balaban J connectivity index is 1.72. The maximum atomic E-state index is 12.3. The summed E-state index contributed by atoms with van der Waals surface area (Å²) >= 11 is 1.29. The third-order valence-electron chi connectivity index (χ3n) is 3.61. The zero-order valence-corrected chi connectivity index (χ0v) is 12.6. The third kappa shape index (κ3) is 4.96. The van der Waals surface area contributed by atoms with Gasteiger partial charge in [-0.3, -0.25) is 9.69 Å². The van der Waals surface area contributed by atoms with Crippen molar-refractivity contribution < 1.29 is 18.0 Å². The molecular formula is C13H18F3N3OS. The van der Waals surface area contributed by atoms with E-state index in [0.717, 1.165) is 0 Å². The Morgan fingerprint density at radius 3 is 2.67 bits per heavy atom. The average molecular weight is 321 g/mol. The first-order chi connectivity index (χ1) is 9.85. The molecule has 2 rings (SSSR count). The molecule has 8 heteroatoms. The highest BCUT2D eigenvalue weighted by molar-refractivity contribution is 7.11. The van der Waals surface area contributed by atoms with Gasteiger partial charge in [-0.05, 0) is 38.8 Å². The minimum atomic E-state index is -4.13. The SMILES string of the molecule is Cc1ncsc1C(=O)NCC1CCN(CC(F)(F)F)CC1. The minimum Gasteiger partial charge on any atom is -0.351 e. The zero-order valence-electron chi connectivity index (χ0n) is 11.7. The van der Waals surface area contributed by atoms with Gasteiger partial charge in [0.1, 0.15) is 4.88 Å². The summed E-state index contributed by atoms with van der Waals surface area (Å²) in [4.78, 5) is 18.0. The number of amides is 1. The molecule has 0 bridgehead atoms. The molecule has 4 nitrogen and oxygen atoms in total. The predicted octanol–water partition coefficient (Wildman–Crippen LogP) is 2.46. The van der Waals surface area contributed by atoms with Crippen molar-refractivity contribution in [3.8, 4) is 0 Å². The van der Waals surface area contributed by atoms with E-state index in [2.05, 4.69) is 10.3 Å². The lowest BCUT2D eigenvalue weighted by Gasteiger charge is -2.32. The van der Waals surface area contributed by atoms with E-state index in [1.165, 1.54) is 16.2 Å². The van der Waals surface area contributed by atoms with Crippen molar-refractivity contribution in [1.82, 2.24) is 15.2 Å². The summed E-state index contributed by atoms with van der Waals surface area (Å²) in [6, 6.07) is 0. The van der Waals surface area contributed by atoms with Crippen LogP contribution in [0.5, 0.6) is 0 Å². The van der Waals surface area contributed by atoms with Gasteiger partial charge in [-0.25, -0.2) is 4.98 Å². The van der Waals surface area contributed by atoms with Crippen LogP contribution in [0.4, 0.5) is 13.2 Å². The number of carbonyl (C=O) groups excluding carboxylic acids is 1. The summed E-state index contributed by atoms with van der Waals surface area (Å²) in [5.74, 6) is 0.0967. The number of nitrogens with one attached hydrogen (secondary N) is 1. The van der Waals surface area contributed by atoms with Crippen LogP contribution in [0.2, 0.25) is 0 Å². The summed E-state index contributed by atoms with van der Waals surface area (Å²) in [6.07, 6.45) is -2.78. The van der Waals surface area contributed by atoms with E-state index in [1.807, 2.05) is 0 Å². The van der Waals surface area contributed by atoms with Gasteiger partial charge in [-0.1, -0.05) is 0 Å². The molecule has 0 unspecified atom stereocenters. The molecule has 21 heavy (non-hydrogen) atoms. The smallest absolute Gasteiger partial charge is 0.351 e. The second-order valence-corrected chi connectivity index (χ2v) is 6.17. The first kappa shape index (κ1) is 16.2. The Kier molecular flexibility index (Phi) is 5.21. The molecule has 0 saturated carbocycles. The molecule has 1 N–H and O–H groups in total. The number of aryl methyl sites for hydroxylation is 1. The molecule has 0 spiro atoms. The number of nitrogens with zero attached hydrogens (tertiary/aromatic N) is 2. The topological polar surface area (TPSA) is 45.2 Å². The number of piperidine rings is 1. The second kappa shape index (κ2) is 6.74. The Morgan fingerprint density at radius 2 is 2.14 bits per heavy atom. The van der Waals surface area contributed by atoms with Crippen LogP contribution in [0, 0.1) is 12.8 Å². The fourth-order valence-electron chi connectivity index (χ4n) is 2.44. The molecule has 1 aromatic heterocycles. The van der Waals surface area contributed by atoms with E-state index in [4.69, 9.17) is 0 Å². The molecule has 118 valence electrons. The fraction of sp³-hybridized carbons (Fsp3) is 0.692. The second-order valence-electron chi connectivity index (χ2n) is 5.31. The number of hydrogen-bond acceptors (Lipinski definition) is 4. The summed E-state index contributed by atoms with van der Waals surface area (Å²) in [5.41, 5.74) is 2.33.